The number of halogens is 1. The molecule has 1 fully saturated rings. The number of rotatable bonds is 3. The maximum absolute atomic E-state index is 5.65. The van der Waals surface area contributed by atoms with Crippen LogP contribution in [-0.2, 0) is 6.54 Å². The fraction of sp³-hybridized carbons (Fsp3) is 0.333. The lowest BCUT2D eigenvalue weighted by Crippen LogP contribution is -1.99. The Labute approximate surface area is 113 Å². The van der Waals surface area contributed by atoms with Crippen LogP contribution in [0.25, 0.3) is 11.4 Å². The van der Waals surface area contributed by atoms with E-state index in [1.54, 1.807) is 0 Å². The monoisotopic (exact) mass is 340 g/mol. The minimum atomic E-state index is 0.572. The second-order valence-electron chi connectivity index (χ2n) is 4.34. The van der Waals surface area contributed by atoms with Gasteiger partial charge < -0.3 is 10.7 Å². The van der Waals surface area contributed by atoms with Gasteiger partial charge in [-0.05, 0) is 47.1 Å². The predicted octanol–water partition coefficient (Wildman–Crippen LogP) is 2.41. The van der Waals surface area contributed by atoms with Crippen LogP contribution in [0.1, 0.15) is 30.1 Å². The number of aromatic amines is 1. The molecule has 0 atom stereocenters. The number of nitrogens with zero attached hydrogens (tertiary/aromatic N) is 2. The molecule has 0 spiro atoms. The van der Waals surface area contributed by atoms with Gasteiger partial charge in [0, 0.05) is 21.6 Å². The number of hydrogen-bond donors (Lipinski definition) is 2. The van der Waals surface area contributed by atoms with Crippen LogP contribution in [0, 0.1) is 3.57 Å². The van der Waals surface area contributed by atoms with Crippen molar-refractivity contribution in [2.24, 2.45) is 5.73 Å². The minimum Gasteiger partial charge on any atom is -0.326 e. The third-order valence-corrected chi connectivity index (χ3v) is 4.02. The molecular weight excluding hydrogens is 327 g/mol. The van der Waals surface area contributed by atoms with E-state index in [0.717, 1.165) is 22.8 Å². The van der Waals surface area contributed by atoms with Gasteiger partial charge in [-0.15, -0.1) is 10.2 Å². The molecule has 0 bridgehead atoms. The fourth-order valence-electron chi connectivity index (χ4n) is 1.81. The van der Waals surface area contributed by atoms with E-state index in [1.165, 1.54) is 16.4 Å². The van der Waals surface area contributed by atoms with Crippen LogP contribution in [0.3, 0.4) is 0 Å². The third kappa shape index (κ3) is 2.21. The molecule has 88 valence electrons. The van der Waals surface area contributed by atoms with E-state index in [4.69, 9.17) is 5.73 Å². The van der Waals surface area contributed by atoms with E-state index < -0.39 is 0 Å². The van der Waals surface area contributed by atoms with Crippen LogP contribution >= 0.6 is 22.6 Å². The summed E-state index contributed by atoms with van der Waals surface area (Å²) in [5.74, 6) is 2.49. The summed E-state index contributed by atoms with van der Waals surface area (Å²) in [7, 11) is 0. The highest BCUT2D eigenvalue weighted by Gasteiger charge is 2.27. The highest BCUT2D eigenvalue weighted by atomic mass is 127. The van der Waals surface area contributed by atoms with Crippen molar-refractivity contribution in [1.82, 2.24) is 15.2 Å². The molecule has 1 saturated carbocycles. The molecule has 1 heterocycles. The van der Waals surface area contributed by atoms with Crippen molar-refractivity contribution in [2.45, 2.75) is 25.3 Å². The van der Waals surface area contributed by atoms with Gasteiger partial charge in [0.25, 0.3) is 0 Å². The highest BCUT2D eigenvalue weighted by Crippen LogP contribution is 2.38. The first-order valence-electron chi connectivity index (χ1n) is 5.69. The Morgan fingerprint density at radius 3 is 2.82 bits per heavy atom. The Balaban J connectivity index is 1.93. The molecule has 3 N–H and O–H groups in total. The Morgan fingerprint density at radius 2 is 2.18 bits per heavy atom. The van der Waals surface area contributed by atoms with Gasteiger partial charge >= 0.3 is 0 Å². The van der Waals surface area contributed by atoms with Gasteiger partial charge in [0.05, 0.1) is 0 Å². The lowest BCUT2D eigenvalue weighted by molar-refractivity contribution is 0.935. The van der Waals surface area contributed by atoms with Crippen molar-refractivity contribution in [3.63, 3.8) is 0 Å². The SMILES string of the molecule is NCc1ccc(-c2nnc(C3CC3)[nH]2)cc1I. The Morgan fingerprint density at radius 1 is 1.35 bits per heavy atom. The van der Waals surface area contributed by atoms with E-state index in [2.05, 4.69) is 49.9 Å². The van der Waals surface area contributed by atoms with E-state index in [0.29, 0.717) is 12.5 Å². The van der Waals surface area contributed by atoms with E-state index >= 15 is 0 Å². The number of benzene rings is 1. The average Bonchev–Trinajstić information content (AvgIpc) is 3.07. The van der Waals surface area contributed by atoms with Crippen LogP contribution < -0.4 is 5.73 Å². The summed E-state index contributed by atoms with van der Waals surface area (Å²) in [4.78, 5) is 3.30. The molecule has 4 nitrogen and oxygen atoms in total. The van der Waals surface area contributed by atoms with Gasteiger partial charge in [-0.1, -0.05) is 12.1 Å². The summed E-state index contributed by atoms with van der Waals surface area (Å²) in [6.07, 6.45) is 2.47. The van der Waals surface area contributed by atoms with E-state index in [-0.39, 0.29) is 0 Å². The quantitative estimate of drug-likeness (QED) is 0.844. The molecule has 1 aliphatic rings. The molecule has 17 heavy (non-hydrogen) atoms. The molecule has 0 radical (unpaired) electrons. The summed E-state index contributed by atoms with van der Waals surface area (Å²) in [5.41, 5.74) is 7.89. The van der Waals surface area contributed by atoms with Crippen LogP contribution in [-0.4, -0.2) is 15.2 Å². The molecule has 5 heteroatoms. The van der Waals surface area contributed by atoms with Gasteiger partial charge in [-0.2, -0.15) is 0 Å². The topological polar surface area (TPSA) is 67.6 Å². The van der Waals surface area contributed by atoms with Crippen molar-refractivity contribution in [3.05, 3.63) is 33.2 Å². The van der Waals surface area contributed by atoms with Crippen LogP contribution in [0.15, 0.2) is 18.2 Å². The largest absolute Gasteiger partial charge is 0.326 e. The van der Waals surface area contributed by atoms with Gasteiger partial charge in [0.2, 0.25) is 0 Å². The normalized spacial score (nSPS) is 15.2. The molecule has 1 aliphatic carbocycles. The first-order valence-corrected chi connectivity index (χ1v) is 6.77. The van der Waals surface area contributed by atoms with Crippen molar-refractivity contribution in [3.8, 4) is 11.4 Å². The highest BCUT2D eigenvalue weighted by molar-refractivity contribution is 14.1. The second kappa shape index (κ2) is 4.38. The standard InChI is InChI=1S/C12H13IN4/c13-10-5-8(3-4-9(10)6-14)12-15-11(16-17-12)7-1-2-7/h3-5,7H,1-2,6,14H2,(H,15,16,17). The molecule has 0 unspecified atom stereocenters. The zero-order valence-electron chi connectivity index (χ0n) is 9.28. The van der Waals surface area contributed by atoms with Crippen molar-refractivity contribution < 1.29 is 0 Å². The van der Waals surface area contributed by atoms with Gasteiger partial charge in [0.15, 0.2) is 5.82 Å². The van der Waals surface area contributed by atoms with Crippen LogP contribution in [0.2, 0.25) is 0 Å². The smallest absolute Gasteiger partial charge is 0.161 e. The molecule has 1 aromatic carbocycles. The second-order valence-corrected chi connectivity index (χ2v) is 5.51. The lowest BCUT2D eigenvalue weighted by atomic mass is 10.1. The van der Waals surface area contributed by atoms with Crippen molar-refractivity contribution >= 4 is 22.6 Å². The van der Waals surface area contributed by atoms with Crippen LogP contribution in [0.4, 0.5) is 0 Å². The zero-order valence-corrected chi connectivity index (χ0v) is 11.4. The van der Waals surface area contributed by atoms with E-state index in [9.17, 15) is 0 Å². The summed E-state index contributed by atoms with van der Waals surface area (Å²) >= 11 is 2.30. The zero-order chi connectivity index (χ0) is 11.8. The number of hydrogen-bond acceptors (Lipinski definition) is 3. The number of nitrogens with one attached hydrogen (secondary N) is 1. The summed E-state index contributed by atoms with van der Waals surface area (Å²) in [6.45, 7) is 0.572. The predicted molar refractivity (Wildman–Crippen MR) is 74.4 cm³/mol. The number of aromatic nitrogens is 3. The molecular formula is C12H13IN4. The number of nitrogens with two attached hydrogens (primary N) is 1. The first-order chi connectivity index (χ1) is 8.28. The average molecular weight is 340 g/mol. The first kappa shape index (κ1) is 11.2. The third-order valence-electron chi connectivity index (χ3n) is 3.01. The molecule has 3 rings (SSSR count). The maximum Gasteiger partial charge on any atom is 0.161 e. The van der Waals surface area contributed by atoms with Crippen LogP contribution in [0.5, 0.6) is 0 Å². The fourth-order valence-corrected chi connectivity index (χ4v) is 2.54. The molecule has 0 aliphatic heterocycles. The Kier molecular flexibility index (Phi) is 2.87. The summed E-state index contributed by atoms with van der Waals surface area (Å²) in [6, 6.07) is 6.19. The lowest BCUT2D eigenvalue weighted by Gasteiger charge is -2.03. The molecule has 2 aromatic rings. The number of H-pyrrole nitrogens is 1. The van der Waals surface area contributed by atoms with Crippen molar-refractivity contribution in [2.75, 3.05) is 0 Å². The molecule has 0 amide bonds. The molecule has 1 aromatic heterocycles. The van der Waals surface area contributed by atoms with Gasteiger partial charge in [0.1, 0.15) is 5.82 Å². The van der Waals surface area contributed by atoms with Crippen molar-refractivity contribution in [1.29, 1.82) is 0 Å². The Hall–Kier alpha value is -0.950. The maximum atomic E-state index is 5.65. The molecule has 0 saturated heterocycles. The summed E-state index contributed by atoms with van der Waals surface area (Å²) < 4.78 is 1.17. The minimum absolute atomic E-state index is 0.572. The van der Waals surface area contributed by atoms with Gasteiger partial charge in [-0.25, -0.2) is 0 Å². The Bertz CT molecular complexity index is 545. The van der Waals surface area contributed by atoms with E-state index in [1.807, 2.05) is 6.07 Å². The van der Waals surface area contributed by atoms with Gasteiger partial charge in [-0.3, -0.25) is 0 Å². The summed E-state index contributed by atoms with van der Waals surface area (Å²) in [5, 5.41) is 8.40.